The molecule has 1 aromatic rings. The Bertz CT molecular complexity index is 566. The predicted octanol–water partition coefficient (Wildman–Crippen LogP) is 2.17. The summed E-state index contributed by atoms with van der Waals surface area (Å²) in [7, 11) is 1.56. The average Bonchev–Trinajstić information content (AvgIpc) is 2.51. The Balaban J connectivity index is 2.61. The summed E-state index contributed by atoms with van der Waals surface area (Å²) in [5, 5.41) is 2.64. The molecule has 0 atom stereocenters. The first-order valence-electron chi connectivity index (χ1n) is 7.41. The zero-order valence-electron chi connectivity index (χ0n) is 13.9. The van der Waals surface area contributed by atoms with Gasteiger partial charge in [-0.2, -0.15) is 0 Å². The van der Waals surface area contributed by atoms with Crippen molar-refractivity contribution in [3.63, 3.8) is 0 Å². The molecule has 0 heterocycles. The maximum absolute atomic E-state index is 11.6. The maximum Gasteiger partial charge on any atom is 0.331 e. The van der Waals surface area contributed by atoms with Gasteiger partial charge in [0.1, 0.15) is 0 Å². The number of benzene rings is 1. The fourth-order valence-electron chi connectivity index (χ4n) is 1.78. The van der Waals surface area contributed by atoms with Crippen LogP contribution < -0.4 is 14.8 Å². The first kappa shape index (κ1) is 18.5. The number of carbonyl (C=O) groups is 2. The molecular weight excluding hydrogens is 298 g/mol. The smallest absolute Gasteiger partial charge is 0.331 e. The van der Waals surface area contributed by atoms with E-state index in [1.54, 1.807) is 31.4 Å². The van der Waals surface area contributed by atoms with E-state index in [-0.39, 0.29) is 18.6 Å². The van der Waals surface area contributed by atoms with Crippen molar-refractivity contribution in [1.29, 1.82) is 0 Å². The van der Waals surface area contributed by atoms with E-state index in [9.17, 15) is 9.59 Å². The number of amides is 1. The van der Waals surface area contributed by atoms with Crippen LogP contribution in [0.1, 0.15) is 26.3 Å². The minimum absolute atomic E-state index is 0.00744. The van der Waals surface area contributed by atoms with Gasteiger partial charge < -0.3 is 19.5 Å². The molecule has 6 nitrogen and oxygen atoms in total. The molecule has 0 unspecified atom stereocenters. The lowest BCUT2D eigenvalue weighted by molar-refractivity contribution is -0.143. The van der Waals surface area contributed by atoms with E-state index < -0.39 is 5.97 Å². The standard InChI is InChI=1S/C17H23NO5/c1-5-22-15-10-13(6-8-14(15)21-4)7-9-17(20)23-11-16(19)18-12(2)3/h6-10,12H,5,11H2,1-4H3,(H,18,19)/b9-7+. The highest BCUT2D eigenvalue weighted by atomic mass is 16.5. The lowest BCUT2D eigenvalue weighted by Crippen LogP contribution is -2.33. The van der Waals surface area contributed by atoms with Crippen molar-refractivity contribution in [2.75, 3.05) is 20.3 Å². The molecule has 23 heavy (non-hydrogen) atoms. The fourth-order valence-corrected chi connectivity index (χ4v) is 1.78. The van der Waals surface area contributed by atoms with Crippen LogP contribution in [-0.4, -0.2) is 38.2 Å². The van der Waals surface area contributed by atoms with Crippen LogP contribution in [0.25, 0.3) is 6.08 Å². The van der Waals surface area contributed by atoms with E-state index in [4.69, 9.17) is 14.2 Å². The van der Waals surface area contributed by atoms with Crippen molar-refractivity contribution in [2.24, 2.45) is 0 Å². The zero-order valence-corrected chi connectivity index (χ0v) is 13.9. The van der Waals surface area contributed by atoms with Crippen molar-refractivity contribution in [2.45, 2.75) is 26.8 Å². The number of ether oxygens (including phenoxy) is 3. The Morgan fingerprint density at radius 1 is 1.26 bits per heavy atom. The summed E-state index contributed by atoms with van der Waals surface area (Å²) in [5.41, 5.74) is 0.762. The van der Waals surface area contributed by atoms with Gasteiger partial charge in [0, 0.05) is 12.1 Å². The molecule has 0 aromatic heterocycles. The molecule has 0 radical (unpaired) electrons. The number of hydrogen-bond donors (Lipinski definition) is 1. The Kier molecular flexibility index (Phi) is 7.66. The zero-order chi connectivity index (χ0) is 17.2. The molecule has 126 valence electrons. The van der Waals surface area contributed by atoms with Gasteiger partial charge in [-0.25, -0.2) is 4.79 Å². The average molecular weight is 321 g/mol. The van der Waals surface area contributed by atoms with Gasteiger partial charge in [0.25, 0.3) is 5.91 Å². The lowest BCUT2D eigenvalue weighted by Gasteiger charge is -2.09. The molecule has 0 saturated carbocycles. The highest BCUT2D eigenvalue weighted by Gasteiger charge is 2.07. The summed E-state index contributed by atoms with van der Waals surface area (Å²) in [6, 6.07) is 5.31. The third-order valence-electron chi connectivity index (χ3n) is 2.69. The van der Waals surface area contributed by atoms with E-state index >= 15 is 0 Å². The van der Waals surface area contributed by atoms with E-state index in [0.717, 1.165) is 5.56 Å². The van der Waals surface area contributed by atoms with Crippen LogP contribution >= 0.6 is 0 Å². The first-order chi connectivity index (χ1) is 11.0. The van der Waals surface area contributed by atoms with E-state index in [2.05, 4.69) is 5.32 Å². The monoisotopic (exact) mass is 321 g/mol. The predicted molar refractivity (Wildman–Crippen MR) is 87.4 cm³/mol. The molecular formula is C17H23NO5. The summed E-state index contributed by atoms with van der Waals surface area (Å²) >= 11 is 0. The van der Waals surface area contributed by atoms with Gasteiger partial charge in [-0.3, -0.25) is 4.79 Å². The molecule has 0 fully saturated rings. The highest BCUT2D eigenvalue weighted by molar-refractivity contribution is 5.89. The SMILES string of the molecule is CCOc1cc(/C=C/C(=O)OCC(=O)NC(C)C)ccc1OC. The number of nitrogens with one attached hydrogen (secondary N) is 1. The van der Waals surface area contributed by atoms with Gasteiger partial charge in [0.2, 0.25) is 0 Å². The molecule has 0 aliphatic heterocycles. The number of rotatable bonds is 8. The third-order valence-corrected chi connectivity index (χ3v) is 2.69. The Morgan fingerprint density at radius 3 is 2.61 bits per heavy atom. The number of esters is 1. The number of methoxy groups -OCH3 is 1. The summed E-state index contributed by atoms with van der Waals surface area (Å²) in [4.78, 5) is 23.0. The van der Waals surface area contributed by atoms with Crippen molar-refractivity contribution >= 4 is 18.0 Å². The summed E-state index contributed by atoms with van der Waals surface area (Å²) in [5.74, 6) is 0.307. The minimum atomic E-state index is -0.585. The Morgan fingerprint density at radius 2 is 2.00 bits per heavy atom. The minimum Gasteiger partial charge on any atom is -0.493 e. The molecule has 0 spiro atoms. The second-order valence-corrected chi connectivity index (χ2v) is 5.01. The van der Waals surface area contributed by atoms with Crippen LogP contribution in [-0.2, 0) is 14.3 Å². The Labute approximate surface area is 136 Å². The van der Waals surface area contributed by atoms with Crippen molar-refractivity contribution < 1.29 is 23.8 Å². The van der Waals surface area contributed by atoms with Gasteiger partial charge >= 0.3 is 5.97 Å². The van der Waals surface area contributed by atoms with Crippen LogP contribution in [0.2, 0.25) is 0 Å². The normalized spacial score (nSPS) is 10.7. The molecule has 1 N–H and O–H groups in total. The maximum atomic E-state index is 11.6. The summed E-state index contributed by atoms with van der Waals surface area (Å²) in [6.45, 7) is 5.75. The van der Waals surface area contributed by atoms with Crippen molar-refractivity contribution in [3.8, 4) is 11.5 Å². The molecule has 6 heteroatoms. The van der Waals surface area contributed by atoms with Gasteiger partial charge in [0.05, 0.1) is 13.7 Å². The third kappa shape index (κ3) is 6.86. The molecule has 0 bridgehead atoms. The van der Waals surface area contributed by atoms with Crippen LogP contribution in [0.4, 0.5) is 0 Å². The largest absolute Gasteiger partial charge is 0.493 e. The molecule has 1 aromatic carbocycles. The van der Waals surface area contributed by atoms with Crippen LogP contribution in [0, 0.1) is 0 Å². The lowest BCUT2D eigenvalue weighted by atomic mass is 10.2. The number of hydrogen-bond acceptors (Lipinski definition) is 5. The van der Waals surface area contributed by atoms with E-state index in [1.165, 1.54) is 6.08 Å². The quantitative estimate of drug-likeness (QED) is 0.587. The van der Waals surface area contributed by atoms with Gasteiger partial charge in [-0.05, 0) is 44.5 Å². The van der Waals surface area contributed by atoms with Gasteiger partial charge in [0.15, 0.2) is 18.1 Å². The van der Waals surface area contributed by atoms with E-state index in [1.807, 2.05) is 20.8 Å². The fraction of sp³-hybridized carbons (Fsp3) is 0.412. The number of carbonyl (C=O) groups excluding carboxylic acids is 2. The summed E-state index contributed by atoms with van der Waals surface area (Å²) in [6.07, 6.45) is 2.85. The molecule has 0 aliphatic rings. The van der Waals surface area contributed by atoms with Gasteiger partial charge in [-0.1, -0.05) is 6.07 Å². The summed E-state index contributed by atoms with van der Waals surface area (Å²) < 4.78 is 15.5. The molecule has 0 saturated heterocycles. The van der Waals surface area contributed by atoms with Crippen molar-refractivity contribution in [1.82, 2.24) is 5.32 Å². The van der Waals surface area contributed by atoms with Gasteiger partial charge in [-0.15, -0.1) is 0 Å². The molecule has 1 rings (SSSR count). The van der Waals surface area contributed by atoms with E-state index in [0.29, 0.717) is 18.1 Å². The second kappa shape index (κ2) is 9.50. The van der Waals surface area contributed by atoms with Crippen LogP contribution in [0.3, 0.4) is 0 Å². The van der Waals surface area contributed by atoms with Crippen LogP contribution in [0.5, 0.6) is 11.5 Å². The molecule has 1 amide bonds. The van der Waals surface area contributed by atoms with Crippen LogP contribution in [0.15, 0.2) is 24.3 Å². The highest BCUT2D eigenvalue weighted by Crippen LogP contribution is 2.28. The van der Waals surface area contributed by atoms with Crippen molar-refractivity contribution in [3.05, 3.63) is 29.8 Å². The first-order valence-corrected chi connectivity index (χ1v) is 7.41. The second-order valence-electron chi connectivity index (χ2n) is 5.01. The molecule has 0 aliphatic carbocycles. The topological polar surface area (TPSA) is 73.9 Å². The Hall–Kier alpha value is -2.50.